The molecule has 0 radical (unpaired) electrons. The van der Waals surface area contributed by atoms with Crippen LogP contribution in [0.2, 0.25) is 0 Å². The molecule has 7 heteroatoms. The molecule has 1 fully saturated rings. The molecule has 1 unspecified atom stereocenters. The number of halogens is 3. The van der Waals surface area contributed by atoms with Crippen LogP contribution in [0.3, 0.4) is 0 Å². The summed E-state index contributed by atoms with van der Waals surface area (Å²) in [6, 6.07) is 4.72. The maximum absolute atomic E-state index is 12.9. The molecule has 0 spiro atoms. The smallest absolute Gasteiger partial charge is 0.389 e. The van der Waals surface area contributed by atoms with Gasteiger partial charge in [-0.05, 0) is 45.4 Å². The Labute approximate surface area is 133 Å². The van der Waals surface area contributed by atoms with Crippen molar-refractivity contribution in [1.82, 2.24) is 4.90 Å². The average Bonchev–Trinajstić information content (AvgIpc) is 2.86. The van der Waals surface area contributed by atoms with Gasteiger partial charge in [-0.15, -0.1) is 0 Å². The zero-order chi connectivity index (χ0) is 17.3. The fourth-order valence-electron chi connectivity index (χ4n) is 3.03. The van der Waals surface area contributed by atoms with Crippen LogP contribution in [0.1, 0.15) is 32.3 Å². The van der Waals surface area contributed by atoms with Gasteiger partial charge in [-0.2, -0.15) is 13.2 Å². The number of nitrogens with zero attached hydrogens (tertiary/aromatic N) is 1. The lowest BCUT2D eigenvalue weighted by atomic mass is 9.97. The normalized spacial score (nSPS) is 19.8. The Morgan fingerprint density at radius 1 is 1.35 bits per heavy atom. The fraction of sp³-hybridized carbons (Fsp3) is 0.562. The Bertz CT molecular complexity index is 567. The van der Waals surface area contributed by atoms with Crippen LogP contribution in [0.25, 0.3) is 0 Å². The van der Waals surface area contributed by atoms with E-state index in [4.69, 9.17) is 0 Å². The lowest BCUT2D eigenvalue weighted by molar-refractivity contribution is -0.137. The largest absolute Gasteiger partial charge is 0.418 e. The van der Waals surface area contributed by atoms with E-state index in [1.165, 1.54) is 18.2 Å². The molecule has 128 valence electrons. The number of carbonyl (C=O) groups excluding carboxylic acids is 1. The van der Waals surface area contributed by atoms with Crippen LogP contribution in [-0.4, -0.2) is 40.6 Å². The number of hydrogen-bond acceptors (Lipinski definition) is 3. The van der Waals surface area contributed by atoms with E-state index in [0.29, 0.717) is 6.54 Å². The number of benzene rings is 1. The predicted molar refractivity (Wildman–Crippen MR) is 81.0 cm³/mol. The molecule has 1 amide bonds. The summed E-state index contributed by atoms with van der Waals surface area (Å²) in [5, 5.41) is 12.5. The summed E-state index contributed by atoms with van der Waals surface area (Å²) in [6.07, 6.45) is -2.91. The van der Waals surface area contributed by atoms with Crippen LogP contribution in [0.4, 0.5) is 18.9 Å². The van der Waals surface area contributed by atoms with E-state index in [0.717, 1.165) is 18.9 Å². The first-order chi connectivity index (χ1) is 10.6. The van der Waals surface area contributed by atoms with Crippen LogP contribution in [0.15, 0.2) is 24.3 Å². The first-order valence-electron chi connectivity index (χ1n) is 7.51. The molecule has 2 rings (SSSR count). The molecular formula is C16H21F3N2O2. The average molecular weight is 330 g/mol. The van der Waals surface area contributed by atoms with Crippen molar-refractivity contribution in [3.8, 4) is 0 Å². The van der Waals surface area contributed by atoms with Gasteiger partial charge < -0.3 is 10.4 Å². The standard InChI is InChI=1S/C16H21F3N2O2/c1-15(2,23)13-8-5-9-21(13)10-14(22)20-12-7-4-3-6-11(12)16(17,18)19/h3-4,6-7,13,23H,5,8-10H2,1-2H3,(H,20,22). The maximum Gasteiger partial charge on any atom is 0.418 e. The maximum atomic E-state index is 12.9. The van der Waals surface area contributed by atoms with Crippen molar-refractivity contribution in [2.45, 2.75) is 44.5 Å². The van der Waals surface area contributed by atoms with E-state index >= 15 is 0 Å². The molecular weight excluding hydrogens is 309 g/mol. The molecule has 1 atom stereocenters. The fourth-order valence-corrected chi connectivity index (χ4v) is 3.03. The van der Waals surface area contributed by atoms with Crippen molar-refractivity contribution in [3.63, 3.8) is 0 Å². The number of rotatable bonds is 4. The molecule has 1 saturated heterocycles. The van der Waals surface area contributed by atoms with Gasteiger partial charge in [0.25, 0.3) is 0 Å². The minimum atomic E-state index is -4.52. The number of likely N-dealkylation sites (tertiary alicyclic amines) is 1. The summed E-state index contributed by atoms with van der Waals surface area (Å²) in [7, 11) is 0. The third-order valence-electron chi connectivity index (χ3n) is 4.03. The Hall–Kier alpha value is -1.60. The minimum absolute atomic E-state index is 0.0408. The highest BCUT2D eigenvalue weighted by Gasteiger charge is 2.37. The number of amides is 1. The van der Waals surface area contributed by atoms with E-state index in [9.17, 15) is 23.1 Å². The predicted octanol–water partition coefficient (Wildman–Crippen LogP) is 2.88. The summed E-state index contributed by atoms with van der Waals surface area (Å²) in [6.45, 7) is 3.95. The summed E-state index contributed by atoms with van der Waals surface area (Å²) < 4.78 is 38.8. The van der Waals surface area contributed by atoms with Crippen LogP contribution < -0.4 is 5.32 Å². The summed E-state index contributed by atoms with van der Waals surface area (Å²) in [5.41, 5.74) is -2.07. The number of aliphatic hydroxyl groups is 1. The Kier molecular flexibility index (Phi) is 5.01. The molecule has 0 bridgehead atoms. The second kappa shape index (κ2) is 6.49. The third-order valence-corrected chi connectivity index (χ3v) is 4.03. The lowest BCUT2D eigenvalue weighted by Crippen LogP contribution is -2.48. The minimum Gasteiger partial charge on any atom is -0.389 e. The Morgan fingerprint density at radius 2 is 2.00 bits per heavy atom. The monoisotopic (exact) mass is 330 g/mol. The van der Waals surface area contributed by atoms with Gasteiger partial charge in [-0.25, -0.2) is 0 Å². The van der Waals surface area contributed by atoms with Crippen LogP contribution >= 0.6 is 0 Å². The molecule has 23 heavy (non-hydrogen) atoms. The molecule has 1 aromatic rings. The molecule has 1 aliphatic rings. The van der Waals surface area contributed by atoms with Crippen LogP contribution in [0, 0.1) is 0 Å². The molecule has 1 aromatic carbocycles. The van der Waals surface area contributed by atoms with Crippen molar-refractivity contribution in [2.75, 3.05) is 18.4 Å². The quantitative estimate of drug-likeness (QED) is 0.892. The van der Waals surface area contributed by atoms with Crippen molar-refractivity contribution in [3.05, 3.63) is 29.8 Å². The lowest BCUT2D eigenvalue weighted by Gasteiger charge is -2.33. The Balaban J connectivity index is 2.06. The van der Waals surface area contributed by atoms with Gasteiger partial charge in [-0.3, -0.25) is 9.69 Å². The van der Waals surface area contributed by atoms with E-state index in [2.05, 4.69) is 5.32 Å². The number of nitrogens with one attached hydrogen (secondary N) is 1. The molecule has 0 aliphatic carbocycles. The van der Waals surface area contributed by atoms with Crippen molar-refractivity contribution >= 4 is 11.6 Å². The first kappa shape index (κ1) is 17.7. The second-order valence-electron chi connectivity index (χ2n) is 6.37. The molecule has 1 aliphatic heterocycles. The van der Waals surface area contributed by atoms with E-state index < -0.39 is 23.2 Å². The zero-order valence-electron chi connectivity index (χ0n) is 13.2. The number of alkyl halides is 3. The van der Waals surface area contributed by atoms with Gasteiger partial charge in [0.2, 0.25) is 5.91 Å². The first-order valence-corrected chi connectivity index (χ1v) is 7.51. The zero-order valence-corrected chi connectivity index (χ0v) is 13.2. The number of hydrogen-bond donors (Lipinski definition) is 2. The van der Waals surface area contributed by atoms with E-state index in [1.54, 1.807) is 13.8 Å². The van der Waals surface area contributed by atoms with Crippen molar-refractivity contribution in [2.24, 2.45) is 0 Å². The Morgan fingerprint density at radius 3 is 2.61 bits per heavy atom. The summed E-state index contributed by atoms with van der Waals surface area (Å²) in [5.74, 6) is -0.516. The van der Waals surface area contributed by atoms with Crippen molar-refractivity contribution in [1.29, 1.82) is 0 Å². The highest BCUT2D eigenvalue weighted by molar-refractivity contribution is 5.93. The summed E-state index contributed by atoms with van der Waals surface area (Å²) in [4.78, 5) is 13.9. The molecule has 1 heterocycles. The van der Waals surface area contributed by atoms with Gasteiger partial charge >= 0.3 is 6.18 Å². The molecule has 4 nitrogen and oxygen atoms in total. The van der Waals surface area contributed by atoms with Gasteiger partial charge in [0.05, 0.1) is 23.4 Å². The second-order valence-corrected chi connectivity index (χ2v) is 6.37. The number of anilines is 1. The number of para-hydroxylation sites is 1. The van der Waals surface area contributed by atoms with Gasteiger partial charge in [-0.1, -0.05) is 12.1 Å². The summed E-state index contributed by atoms with van der Waals surface area (Å²) >= 11 is 0. The third kappa shape index (κ3) is 4.45. The van der Waals surface area contributed by atoms with E-state index in [1.807, 2.05) is 4.90 Å². The SMILES string of the molecule is CC(C)(O)C1CCCN1CC(=O)Nc1ccccc1C(F)(F)F. The molecule has 2 N–H and O–H groups in total. The van der Waals surface area contributed by atoms with Crippen LogP contribution in [0.5, 0.6) is 0 Å². The van der Waals surface area contributed by atoms with Gasteiger partial charge in [0.1, 0.15) is 0 Å². The highest BCUT2D eigenvalue weighted by atomic mass is 19.4. The van der Waals surface area contributed by atoms with E-state index in [-0.39, 0.29) is 18.3 Å². The molecule has 0 saturated carbocycles. The topological polar surface area (TPSA) is 52.6 Å². The highest BCUT2D eigenvalue weighted by Crippen LogP contribution is 2.34. The van der Waals surface area contributed by atoms with Gasteiger partial charge in [0, 0.05) is 6.04 Å². The molecule has 0 aromatic heterocycles. The number of carbonyl (C=O) groups is 1. The van der Waals surface area contributed by atoms with Crippen LogP contribution in [-0.2, 0) is 11.0 Å². The van der Waals surface area contributed by atoms with Gasteiger partial charge in [0.15, 0.2) is 0 Å². The van der Waals surface area contributed by atoms with Crippen molar-refractivity contribution < 1.29 is 23.1 Å².